The third kappa shape index (κ3) is 5.06. The van der Waals surface area contributed by atoms with Crippen LogP contribution < -0.4 is 15.8 Å². The number of nitrogens with two attached hydrogens (primary N) is 1. The second-order valence-electron chi connectivity index (χ2n) is 3.85. The Morgan fingerprint density at radius 2 is 2.41 bits per heavy atom. The van der Waals surface area contributed by atoms with Crippen molar-refractivity contribution in [2.45, 2.75) is 19.4 Å². The van der Waals surface area contributed by atoms with E-state index in [0.29, 0.717) is 11.4 Å². The first kappa shape index (κ1) is 13.1. The second kappa shape index (κ2) is 6.58. The van der Waals surface area contributed by atoms with Crippen molar-refractivity contribution in [2.75, 3.05) is 12.3 Å². The van der Waals surface area contributed by atoms with Crippen LogP contribution in [0.25, 0.3) is 0 Å². The van der Waals surface area contributed by atoms with Gasteiger partial charge in [-0.3, -0.25) is 4.79 Å². The van der Waals surface area contributed by atoms with Crippen LogP contribution >= 0.6 is 0 Å². The SMILES string of the molecule is C=CCC(C)NC(=O)COc1cccc(N)c1. The van der Waals surface area contributed by atoms with E-state index in [4.69, 9.17) is 10.5 Å². The van der Waals surface area contributed by atoms with Gasteiger partial charge >= 0.3 is 0 Å². The number of amides is 1. The highest BCUT2D eigenvalue weighted by atomic mass is 16.5. The summed E-state index contributed by atoms with van der Waals surface area (Å²) < 4.78 is 5.31. The number of rotatable bonds is 6. The predicted octanol–water partition coefficient (Wildman–Crippen LogP) is 1.73. The third-order valence-corrected chi connectivity index (χ3v) is 2.16. The van der Waals surface area contributed by atoms with Crippen molar-refractivity contribution in [1.29, 1.82) is 0 Å². The number of nitrogens with one attached hydrogen (secondary N) is 1. The van der Waals surface area contributed by atoms with Crippen molar-refractivity contribution in [3.8, 4) is 5.75 Å². The van der Waals surface area contributed by atoms with Crippen LogP contribution in [0.3, 0.4) is 0 Å². The molecule has 0 radical (unpaired) electrons. The lowest BCUT2D eigenvalue weighted by Gasteiger charge is -2.12. The number of nitrogen functional groups attached to an aromatic ring is 1. The van der Waals surface area contributed by atoms with E-state index >= 15 is 0 Å². The summed E-state index contributed by atoms with van der Waals surface area (Å²) in [6.45, 7) is 5.52. The quantitative estimate of drug-likeness (QED) is 0.582. The lowest BCUT2D eigenvalue weighted by atomic mass is 10.2. The summed E-state index contributed by atoms with van der Waals surface area (Å²) in [4.78, 5) is 11.5. The van der Waals surface area contributed by atoms with E-state index in [9.17, 15) is 4.79 Å². The zero-order valence-corrected chi connectivity index (χ0v) is 9.98. The van der Waals surface area contributed by atoms with Gasteiger partial charge in [-0.25, -0.2) is 0 Å². The van der Waals surface area contributed by atoms with E-state index in [-0.39, 0.29) is 18.6 Å². The summed E-state index contributed by atoms with van der Waals surface area (Å²) in [5.74, 6) is 0.443. The minimum absolute atomic E-state index is 0.00899. The molecule has 1 unspecified atom stereocenters. The Bertz CT molecular complexity index is 391. The second-order valence-corrected chi connectivity index (χ2v) is 3.85. The first-order chi connectivity index (χ1) is 8.11. The van der Waals surface area contributed by atoms with Crippen LogP contribution in [0.15, 0.2) is 36.9 Å². The molecule has 4 heteroatoms. The van der Waals surface area contributed by atoms with Crippen molar-refractivity contribution in [3.63, 3.8) is 0 Å². The number of anilines is 1. The molecule has 0 bridgehead atoms. The van der Waals surface area contributed by atoms with Crippen LogP contribution in [-0.2, 0) is 4.79 Å². The number of carbonyl (C=O) groups excluding carboxylic acids is 1. The van der Waals surface area contributed by atoms with E-state index in [1.54, 1.807) is 30.3 Å². The van der Waals surface area contributed by atoms with Crippen LogP contribution in [0.1, 0.15) is 13.3 Å². The van der Waals surface area contributed by atoms with E-state index in [2.05, 4.69) is 11.9 Å². The minimum atomic E-state index is -0.151. The molecule has 0 aromatic heterocycles. The van der Waals surface area contributed by atoms with Crippen LogP contribution in [0.4, 0.5) is 5.69 Å². The van der Waals surface area contributed by atoms with Gasteiger partial charge in [-0.05, 0) is 25.5 Å². The summed E-state index contributed by atoms with van der Waals surface area (Å²) in [6, 6.07) is 7.06. The highest BCUT2D eigenvalue weighted by Gasteiger charge is 2.06. The topological polar surface area (TPSA) is 64.3 Å². The maximum atomic E-state index is 11.5. The number of carbonyl (C=O) groups is 1. The zero-order chi connectivity index (χ0) is 12.7. The first-order valence-electron chi connectivity index (χ1n) is 5.50. The van der Waals surface area contributed by atoms with E-state index < -0.39 is 0 Å². The summed E-state index contributed by atoms with van der Waals surface area (Å²) in [7, 11) is 0. The van der Waals surface area contributed by atoms with Gasteiger partial charge in [-0.2, -0.15) is 0 Å². The molecule has 92 valence electrons. The Hall–Kier alpha value is -1.97. The average Bonchev–Trinajstić information content (AvgIpc) is 2.27. The summed E-state index contributed by atoms with van der Waals surface area (Å²) >= 11 is 0. The normalized spacial score (nSPS) is 11.6. The van der Waals surface area contributed by atoms with Crippen molar-refractivity contribution in [3.05, 3.63) is 36.9 Å². The number of ether oxygens (including phenoxy) is 1. The van der Waals surface area contributed by atoms with Gasteiger partial charge in [-0.1, -0.05) is 12.1 Å². The Labute approximate surface area is 101 Å². The van der Waals surface area contributed by atoms with Crippen molar-refractivity contribution < 1.29 is 9.53 Å². The molecule has 0 saturated carbocycles. The van der Waals surface area contributed by atoms with Crippen molar-refractivity contribution in [2.24, 2.45) is 0 Å². The highest BCUT2D eigenvalue weighted by Crippen LogP contribution is 2.13. The largest absolute Gasteiger partial charge is 0.484 e. The lowest BCUT2D eigenvalue weighted by molar-refractivity contribution is -0.123. The first-order valence-corrected chi connectivity index (χ1v) is 5.50. The average molecular weight is 234 g/mol. The number of hydrogen-bond acceptors (Lipinski definition) is 3. The fourth-order valence-corrected chi connectivity index (χ4v) is 1.38. The van der Waals surface area contributed by atoms with Crippen molar-refractivity contribution in [1.82, 2.24) is 5.32 Å². The molecule has 1 aromatic carbocycles. The molecule has 0 aliphatic rings. The molecular formula is C13H18N2O2. The highest BCUT2D eigenvalue weighted by molar-refractivity contribution is 5.77. The molecule has 0 aliphatic heterocycles. The monoisotopic (exact) mass is 234 g/mol. The number of hydrogen-bond donors (Lipinski definition) is 2. The van der Waals surface area contributed by atoms with Gasteiger partial charge in [0.15, 0.2) is 6.61 Å². The standard InChI is InChI=1S/C13H18N2O2/c1-3-5-10(2)15-13(16)9-17-12-7-4-6-11(14)8-12/h3-4,6-8,10H,1,5,9,14H2,2H3,(H,15,16). The van der Waals surface area contributed by atoms with Crippen molar-refractivity contribution >= 4 is 11.6 Å². The molecule has 3 N–H and O–H groups in total. The maximum absolute atomic E-state index is 11.5. The number of benzene rings is 1. The van der Waals surface area contributed by atoms with Gasteiger partial charge < -0.3 is 15.8 Å². The Morgan fingerprint density at radius 3 is 3.06 bits per heavy atom. The molecule has 1 aromatic rings. The molecule has 0 fully saturated rings. The fourth-order valence-electron chi connectivity index (χ4n) is 1.38. The fraction of sp³-hybridized carbons (Fsp3) is 0.308. The van der Waals surface area contributed by atoms with Gasteiger partial charge in [0.1, 0.15) is 5.75 Å². The molecule has 0 saturated heterocycles. The maximum Gasteiger partial charge on any atom is 0.258 e. The van der Waals surface area contributed by atoms with Crippen LogP contribution in [0.2, 0.25) is 0 Å². The Morgan fingerprint density at radius 1 is 1.65 bits per heavy atom. The van der Waals surface area contributed by atoms with Gasteiger partial charge in [0.05, 0.1) is 0 Å². The predicted molar refractivity (Wildman–Crippen MR) is 68.8 cm³/mol. The third-order valence-electron chi connectivity index (χ3n) is 2.16. The van der Waals surface area contributed by atoms with Gasteiger partial charge in [0.2, 0.25) is 0 Å². The van der Waals surface area contributed by atoms with E-state index in [1.807, 2.05) is 6.92 Å². The molecule has 17 heavy (non-hydrogen) atoms. The molecule has 0 spiro atoms. The molecule has 1 amide bonds. The summed E-state index contributed by atoms with van der Waals surface area (Å²) in [6.07, 6.45) is 2.51. The van der Waals surface area contributed by atoms with Gasteiger partial charge in [0.25, 0.3) is 5.91 Å². The zero-order valence-electron chi connectivity index (χ0n) is 9.98. The summed E-state index contributed by atoms with van der Waals surface area (Å²) in [5, 5.41) is 2.80. The lowest BCUT2D eigenvalue weighted by Crippen LogP contribution is -2.35. The van der Waals surface area contributed by atoms with Crippen LogP contribution in [0, 0.1) is 0 Å². The Kier molecular flexibility index (Phi) is 5.07. The smallest absolute Gasteiger partial charge is 0.258 e. The molecular weight excluding hydrogens is 216 g/mol. The molecule has 1 rings (SSSR count). The Balaban J connectivity index is 2.35. The van der Waals surface area contributed by atoms with Gasteiger partial charge in [-0.15, -0.1) is 6.58 Å². The van der Waals surface area contributed by atoms with E-state index in [1.165, 1.54) is 0 Å². The molecule has 0 heterocycles. The minimum Gasteiger partial charge on any atom is -0.484 e. The van der Waals surface area contributed by atoms with Crippen LogP contribution in [0.5, 0.6) is 5.75 Å². The van der Waals surface area contributed by atoms with E-state index in [0.717, 1.165) is 6.42 Å². The van der Waals surface area contributed by atoms with Gasteiger partial charge in [0, 0.05) is 17.8 Å². The van der Waals surface area contributed by atoms with Crippen LogP contribution in [-0.4, -0.2) is 18.6 Å². The molecule has 4 nitrogen and oxygen atoms in total. The molecule has 0 aliphatic carbocycles. The molecule has 1 atom stereocenters. The summed E-state index contributed by atoms with van der Waals surface area (Å²) in [5.41, 5.74) is 6.21.